The summed E-state index contributed by atoms with van der Waals surface area (Å²) in [5.74, 6) is 1.46. The maximum Gasteiger partial charge on any atom is 0.255 e. The van der Waals surface area contributed by atoms with Crippen LogP contribution in [0.3, 0.4) is 0 Å². The van der Waals surface area contributed by atoms with Crippen molar-refractivity contribution in [2.75, 3.05) is 37.6 Å². The molecule has 1 aliphatic heterocycles. The number of phenols is 1. The summed E-state index contributed by atoms with van der Waals surface area (Å²) < 4.78 is 0. The van der Waals surface area contributed by atoms with Gasteiger partial charge in [-0.2, -0.15) is 0 Å². The van der Waals surface area contributed by atoms with Crippen LogP contribution in [0.4, 0.5) is 5.82 Å². The van der Waals surface area contributed by atoms with Gasteiger partial charge < -0.3 is 26.0 Å². The smallest absolute Gasteiger partial charge is 0.255 e. The summed E-state index contributed by atoms with van der Waals surface area (Å²) in [4.78, 5) is 23.6. The minimum absolute atomic E-state index is 0. The fourth-order valence-electron chi connectivity index (χ4n) is 3.51. The number of hydrogen-bond donors (Lipinski definition) is 4. The number of amides is 1. The van der Waals surface area contributed by atoms with E-state index in [9.17, 15) is 9.90 Å². The summed E-state index contributed by atoms with van der Waals surface area (Å²) in [5.41, 5.74) is 1.44. The van der Waals surface area contributed by atoms with Crippen molar-refractivity contribution in [3.05, 3.63) is 53.7 Å². The Labute approximate surface area is 206 Å². The molecule has 2 heterocycles. The lowest BCUT2D eigenvalue weighted by molar-refractivity contribution is 0.0952. The van der Waals surface area contributed by atoms with Gasteiger partial charge in [-0.15, -0.1) is 24.0 Å². The monoisotopic (exact) mass is 552 g/mol. The van der Waals surface area contributed by atoms with Gasteiger partial charge in [-0.05, 0) is 50.5 Å². The molecule has 174 valence electrons. The number of anilines is 1. The number of nitrogens with zero attached hydrogens (tertiary/aromatic N) is 3. The molecule has 0 aliphatic carbocycles. The van der Waals surface area contributed by atoms with Gasteiger partial charge in [0.05, 0.1) is 12.1 Å². The molecule has 3 rings (SSSR count). The number of phenolic OH excluding ortho intramolecular Hbond substituents is 1. The molecule has 32 heavy (non-hydrogen) atoms. The van der Waals surface area contributed by atoms with Crippen LogP contribution in [0.1, 0.15) is 35.7 Å². The number of nitrogens with one attached hydrogen (secondary N) is 3. The van der Waals surface area contributed by atoms with Crippen molar-refractivity contribution in [2.45, 2.75) is 32.7 Å². The first-order chi connectivity index (χ1) is 15.1. The highest BCUT2D eigenvalue weighted by atomic mass is 127. The van der Waals surface area contributed by atoms with Gasteiger partial charge in [0.1, 0.15) is 11.6 Å². The molecule has 0 saturated carbocycles. The van der Waals surface area contributed by atoms with Gasteiger partial charge in [-0.25, -0.2) is 4.98 Å². The molecule has 0 atom stereocenters. The van der Waals surface area contributed by atoms with Crippen molar-refractivity contribution in [1.82, 2.24) is 20.9 Å². The van der Waals surface area contributed by atoms with E-state index in [0.717, 1.165) is 44.3 Å². The Kier molecular flexibility index (Phi) is 10.5. The number of aryl methyl sites for hydroxylation is 1. The molecule has 1 aromatic heterocycles. The van der Waals surface area contributed by atoms with Gasteiger partial charge in [-0.3, -0.25) is 9.79 Å². The molecule has 0 spiro atoms. The molecule has 1 fully saturated rings. The Balaban J connectivity index is 0.00000363. The average Bonchev–Trinajstić information content (AvgIpc) is 2.78. The predicted molar refractivity (Wildman–Crippen MR) is 139 cm³/mol. The summed E-state index contributed by atoms with van der Waals surface area (Å²) in [6, 6.07) is 11.0. The first-order valence-electron chi connectivity index (χ1n) is 10.9. The Hall–Kier alpha value is -2.56. The summed E-state index contributed by atoms with van der Waals surface area (Å²) >= 11 is 0. The number of benzene rings is 1. The van der Waals surface area contributed by atoms with Crippen LogP contribution in [0, 0.1) is 6.92 Å². The van der Waals surface area contributed by atoms with Crippen molar-refractivity contribution in [1.29, 1.82) is 0 Å². The molecule has 0 bridgehead atoms. The van der Waals surface area contributed by atoms with Crippen molar-refractivity contribution < 1.29 is 9.90 Å². The molecule has 1 amide bonds. The predicted octanol–water partition coefficient (Wildman–Crippen LogP) is 2.67. The first kappa shape index (κ1) is 25.7. The van der Waals surface area contributed by atoms with Crippen molar-refractivity contribution >= 4 is 41.7 Å². The second-order valence-corrected chi connectivity index (χ2v) is 7.63. The van der Waals surface area contributed by atoms with Crippen LogP contribution in [0.2, 0.25) is 0 Å². The van der Waals surface area contributed by atoms with Gasteiger partial charge in [0.15, 0.2) is 5.96 Å². The van der Waals surface area contributed by atoms with Crippen LogP contribution in [0.25, 0.3) is 0 Å². The average molecular weight is 552 g/mol. The van der Waals surface area contributed by atoms with E-state index in [1.54, 1.807) is 18.2 Å². The normalized spacial score (nSPS) is 14.4. The van der Waals surface area contributed by atoms with E-state index in [2.05, 4.69) is 43.0 Å². The molecule has 2 aromatic rings. The van der Waals surface area contributed by atoms with Crippen LogP contribution in [0.15, 0.2) is 47.6 Å². The highest BCUT2D eigenvalue weighted by molar-refractivity contribution is 14.0. The van der Waals surface area contributed by atoms with Gasteiger partial charge in [0.25, 0.3) is 5.91 Å². The molecule has 0 radical (unpaired) electrons. The molecule has 4 N–H and O–H groups in total. The van der Waals surface area contributed by atoms with E-state index in [1.807, 2.05) is 20.0 Å². The Morgan fingerprint density at radius 2 is 1.94 bits per heavy atom. The highest BCUT2D eigenvalue weighted by Gasteiger charge is 2.20. The molecular formula is C23H33IN6O2. The van der Waals surface area contributed by atoms with Gasteiger partial charge >= 0.3 is 0 Å². The maximum atomic E-state index is 12.2. The van der Waals surface area contributed by atoms with Crippen LogP contribution in [0.5, 0.6) is 5.75 Å². The topological polar surface area (TPSA) is 102 Å². The summed E-state index contributed by atoms with van der Waals surface area (Å²) in [5, 5.41) is 19.3. The zero-order valence-electron chi connectivity index (χ0n) is 18.7. The van der Waals surface area contributed by atoms with Gasteiger partial charge in [0, 0.05) is 38.4 Å². The number of aromatic hydroxyl groups is 1. The Bertz CT molecular complexity index is 882. The third-order valence-electron chi connectivity index (χ3n) is 5.22. The molecule has 9 heteroatoms. The van der Waals surface area contributed by atoms with Crippen LogP contribution in [-0.4, -0.2) is 60.7 Å². The molecule has 1 saturated heterocycles. The highest BCUT2D eigenvalue weighted by Crippen LogP contribution is 2.18. The molecule has 1 aromatic carbocycles. The molecular weight excluding hydrogens is 519 g/mol. The second kappa shape index (κ2) is 13.1. The first-order valence-corrected chi connectivity index (χ1v) is 10.9. The number of halogens is 1. The summed E-state index contributed by atoms with van der Waals surface area (Å²) in [6.45, 7) is 7.58. The zero-order chi connectivity index (χ0) is 22.1. The van der Waals surface area contributed by atoms with E-state index in [1.165, 1.54) is 11.6 Å². The van der Waals surface area contributed by atoms with Crippen molar-refractivity contribution in [2.24, 2.45) is 4.99 Å². The fourth-order valence-corrected chi connectivity index (χ4v) is 3.51. The lowest BCUT2D eigenvalue weighted by atomic mass is 10.1. The molecule has 0 unspecified atom stereocenters. The fraction of sp³-hybridized carbons (Fsp3) is 0.435. The molecule has 8 nitrogen and oxygen atoms in total. The number of guanidine groups is 1. The number of aromatic nitrogens is 1. The summed E-state index contributed by atoms with van der Waals surface area (Å²) in [6.07, 6.45) is 3.92. The largest absolute Gasteiger partial charge is 0.507 e. The number of pyridine rings is 1. The third kappa shape index (κ3) is 7.54. The van der Waals surface area contributed by atoms with Crippen LogP contribution < -0.4 is 20.9 Å². The third-order valence-corrected chi connectivity index (χ3v) is 5.22. The second-order valence-electron chi connectivity index (χ2n) is 7.63. The minimum atomic E-state index is -0.302. The maximum absolute atomic E-state index is 12.2. The van der Waals surface area contributed by atoms with Crippen LogP contribution in [-0.2, 0) is 0 Å². The number of carbonyl (C=O) groups is 1. The van der Waals surface area contributed by atoms with Crippen molar-refractivity contribution in [3.63, 3.8) is 0 Å². The van der Waals surface area contributed by atoms with E-state index in [4.69, 9.17) is 0 Å². The molecule has 1 aliphatic rings. The van der Waals surface area contributed by atoms with E-state index in [0.29, 0.717) is 19.1 Å². The lowest BCUT2D eigenvalue weighted by Gasteiger charge is -2.33. The van der Waals surface area contributed by atoms with E-state index in [-0.39, 0.29) is 41.2 Å². The standard InChI is InChI=1S/C23H32N6O2.HI/c1-3-24-23(26-13-12-25-22(31)19-6-4-5-7-20(19)30)28-18-10-14-29(15-11-18)21-9-8-17(2)16-27-21;/h4-9,16,18,30H,3,10-15H2,1-2H3,(H,25,31)(H2,24,26,28);1H. The minimum Gasteiger partial charge on any atom is -0.507 e. The van der Waals surface area contributed by atoms with Crippen molar-refractivity contribution in [3.8, 4) is 5.75 Å². The number of carbonyl (C=O) groups excluding carboxylic acids is 1. The number of rotatable bonds is 7. The van der Waals surface area contributed by atoms with Crippen LogP contribution >= 0.6 is 24.0 Å². The number of hydrogen-bond acceptors (Lipinski definition) is 5. The Morgan fingerprint density at radius 3 is 2.59 bits per heavy atom. The quantitative estimate of drug-likeness (QED) is 0.183. The number of aliphatic imine (C=N–C) groups is 1. The van der Waals surface area contributed by atoms with E-state index < -0.39 is 0 Å². The zero-order valence-corrected chi connectivity index (χ0v) is 21.0. The number of para-hydroxylation sites is 1. The van der Waals surface area contributed by atoms with Gasteiger partial charge in [0.2, 0.25) is 0 Å². The number of piperidine rings is 1. The Morgan fingerprint density at radius 1 is 1.19 bits per heavy atom. The lowest BCUT2D eigenvalue weighted by Crippen LogP contribution is -2.49. The summed E-state index contributed by atoms with van der Waals surface area (Å²) in [7, 11) is 0. The van der Waals surface area contributed by atoms with E-state index >= 15 is 0 Å². The van der Waals surface area contributed by atoms with Gasteiger partial charge in [-0.1, -0.05) is 18.2 Å². The SMILES string of the molecule is CCNC(=NCCNC(=O)c1ccccc1O)NC1CCN(c2ccc(C)cn2)CC1.I.